The van der Waals surface area contributed by atoms with E-state index in [1.807, 2.05) is 43.0 Å². The smallest absolute Gasteiger partial charge is 0.318 e. The van der Waals surface area contributed by atoms with Crippen molar-refractivity contribution in [2.45, 2.75) is 45.2 Å². The summed E-state index contributed by atoms with van der Waals surface area (Å²) in [6.45, 7) is 5.68. The van der Waals surface area contributed by atoms with Crippen LogP contribution in [0.3, 0.4) is 0 Å². The Hall–Kier alpha value is -2.54. The second-order valence-electron chi connectivity index (χ2n) is 7.97. The van der Waals surface area contributed by atoms with Crippen LogP contribution in [0.4, 0.5) is 4.79 Å². The Morgan fingerprint density at radius 2 is 2.00 bits per heavy atom. The van der Waals surface area contributed by atoms with Crippen LogP contribution in [0.25, 0.3) is 0 Å². The van der Waals surface area contributed by atoms with E-state index in [2.05, 4.69) is 16.8 Å². The van der Waals surface area contributed by atoms with Crippen LogP contribution in [0.2, 0.25) is 0 Å². The van der Waals surface area contributed by atoms with Crippen molar-refractivity contribution in [2.24, 2.45) is 0 Å². The van der Waals surface area contributed by atoms with Crippen molar-refractivity contribution < 1.29 is 14.3 Å². The molecule has 30 heavy (non-hydrogen) atoms. The first kappa shape index (κ1) is 20.7. The van der Waals surface area contributed by atoms with Gasteiger partial charge in [-0.25, -0.2) is 4.79 Å². The van der Waals surface area contributed by atoms with Crippen LogP contribution in [0.5, 0.6) is 5.75 Å². The fourth-order valence-corrected chi connectivity index (χ4v) is 4.85. The summed E-state index contributed by atoms with van der Waals surface area (Å²) in [6, 6.07) is 9.98. The summed E-state index contributed by atoms with van der Waals surface area (Å²) < 4.78 is 6.08. The van der Waals surface area contributed by atoms with Gasteiger partial charge in [0.2, 0.25) is 5.91 Å². The summed E-state index contributed by atoms with van der Waals surface area (Å²) in [6.07, 6.45) is 2.79. The van der Waals surface area contributed by atoms with E-state index in [-0.39, 0.29) is 30.6 Å². The molecule has 160 valence electrons. The molecule has 1 aliphatic carbocycles. The largest absolute Gasteiger partial charge is 0.491 e. The van der Waals surface area contributed by atoms with Crippen LogP contribution < -0.4 is 10.1 Å². The molecule has 1 fully saturated rings. The maximum absolute atomic E-state index is 13.3. The molecule has 3 amide bonds. The average molecular weight is 428 g/mol. The molecule has 1 N–H and O–H groups in total. The van der Waals surface area contributed by atoms with Crippen molar-refractivity contribution >= 4 is 23.3 Å². The summed E-state index contributed by atoms with van der Waals surface area (Å²) in [5.41, 5.74) is 2.35. The van der Waals surface area contributed by atoms with E-state index in [1.165, 1.54) is 16.0 Å². The number of urea groups is 1. The maximum atomic E-state index is 13.3. The van der Waals surface area contributed by atoms with Gasteiger partial charge < -0.3 is 19.9 Å². The number of thiophene rings is 1. The molecule has 1 unspecified atom stereocenters. The summed E-state index contributed by atoms with van der Waals surface area (Å²) >= 11 is 1.74. The van der Waals surface area contributed by atoms with Gasteiger partial charge in [-0.2, -0.15) is 0 Å². The van der Waals surface area contributed by atoms with Crippen molar-refractivity contribution in [3.63, 3.8) is 0 Å². The highest BCUT2D eigenvalue weighted by Crippen LogP contribution is 2.34. The Morgan fingerprint density at radius 1 is 1.23 bits per heavy atom. The second kappa shape index (κ2) is 9.08. The van der Waals surface area contributed by atoms with Gasteiger partial charge in [-0.15, -0.1) is 11.3 Å². The minimum Gasteiger partial charge on any atom is -0.491 e. The van der Waals surface area contributed by atoms with Crippen LogP contribution in [0.1, 0.15) is 41.8 Å². The zero-order valence-corrected chi connectivity index (χ0v) is 18.4. The minimum absolute atomic E-state index is 0.0116. The molecule has 7 heteroatoms. The highest BCUT2D eigenvalue weighted by atomic mass is 32.1. The summed E-state index contributed by atoms with van der Waals surface area (Å²) in [5.74, 6) is 0.791. The van der Waals surface area contributed by atoms with Crippen LogP contribution in [-0.2, 0) is 11.2 Å². The molecule has 2 aliphatic rings. The van der Waals surface area contributed by atoms with Crippen molar-refractivity contribution in [3.05, 3.63) is 51.7 Å². The lowest BCUT2D eigenvalue weighted by Gasteiger charge is -2.37. The lowest BCUT2D eigenvalue weighted by atomic mass is 10.0. The lowest BCUT2D eigenvalue weighted by Crippen LogP contribution is -2.50. The van der Waals surface area contributed by atoms with Gasteiger partial charge in [-0.3, -0.25) is 4.79 Å². The molecular formula is C23H29N3O3S. The highest BCUT2D eigenvalue weighted by molar-refractivity contribution is 7.10. The van der Waals surface area contributed by atoms with E-state index in [0.29, 0.717) is 19.7 Å². The Bertz CT molecular complexity index is 891. The van der Waals surface area contributed by atoms with Crippen molar-refractivity contribution in [1.29, 1.82) is 0 Å². The monoisotopic (exact) mass is 427 g/mol. The number of carbonyl (C=O) groups excluding carboxylic acids is 2. The molecular weight excluding hydrogens is 398 g/mol. The third-order valence-corrected chi connectivity index (χ3v) is 6.72. The molecule has 0 spiro atoms. The van der Waals surface area contributed by atoms with Gasteiger partial charge >= 0.3 is 6.03 Å². The molecule has 0 saturated heterocycles. The molecule has 0 radical (unpaired) electrons. The Kier molecular flexibility index (Phi) is 6.27. The van der Waals surface area contributed by atoms with E-state index in [1.54, 1.807) is 16.2 Å². The van der Waals surface area contributed by atoms with E-state index < -0.39 is 0 Å². The lowest BCUT2D eigenvalue weighted by molar-refractivity contribution is -0.135. The van der Waals surface area contributed by atoms with E-state index in [0.717, 1.165) is 25.0 Å². The fraction of sp³-hybridized carbons (Fsp3) is 0.478. The number of ether oxygens (including phenoxy) is 1. The summed E-state index contributed by atoms with van der Waals surface area (Å²) in [4.78, 5) is 30.7. The average Bonchev–Trinajstić information content (AvgIpc) is 3.47. The molecule has 1 aromatic heterocycles. The SMILES string of the molecule is CCNC(=O)N(CC(=O)N1CCc2sccc2C1COc1ccc(C)cc1)C1CC1. The normalized spacial score (nSPS) is 17.9. The molecule has 1 atom stereocenters. The Balaban J connectivity index is 1.49. The van der Waals surface area contributed by atoms with Crippen LogP contribution in [0, 0.1) is 6.92 Å². The number of rotatable bonds is 7. The van der Waals surface area contributed by atoms with Crippen molar-refractivity contribution in [2.75, 3.05) is 26.2 Å². The molecule has 6 nitrogen and oxygen atoms in total. The fourth-order valence-electron chi connectivity index (χ4n) is 3.93. The molecule has 4 rings (SSSR count). The van der Waals surface area contributed by atoms with Gasteiger partial charge in [0.15, 0.2) is 0 Å². The Morgan fingerprint density at radius 3 is 2.70 bits per heavy atom. The number of hydrogen-bond donors (Lipinski definition) is 1. The number of amides is 3. The van der Waals surface area contributed by atoms with E-state index in [4.69, 9.17) is 4.74 Å². The minimum atomic E-state index is -0.144. The first-order valence-corrected chi connectivity index (χ1v) is 11.5. The maximum Gasteiger partial charge on any atom is 0.318 e. The topological polar surface area (TPSA) is 61.9 Å². The number of aryl methyl sites for hydroxylation is 1. The highest BCUT2D eigenvalue weighted by Gasteiger charge is 2.37. The van der Waals surface area contributed by atoms with Gasteiger partial charge in [-0.05, 0) is 62.3 Å². The molecule has 1 aliphatic heterocycles. The van der Waals surface area contributed by atoms with Gasteiger partial charge in [0, 0.05) is 24.0 Å². The predicted molar refractivity (Wildman–Crippen MR) is 118 cm³/mol. The molecule has 2 heterocycles. The number of nitrogens with one attached hydrogen (secondary N) is 1. The van der Waals surface area contributed by atoms with Crippen molar-refractivity contribution in [3.8, 4) is 5.75 Å². The van der Waals surface area contributed by atoms with Gasteiger partial charge in [0.1, 0.15) is 18.9 Å². The first-order valence-electron chi connectivity index (χ1n) is 10.7. The standard InChI is InChI=1S/C23H29N3O3S/c1-3-24-23(28)26(17-6-7-17)14-22(27)25-12-10-21-19(11-13-30-21)20(25)15-29-18-8-4-16(2)5-9-18/h4-5,8-9,11,13,17,20H,3,6-7,10,12,14-15H2,1-2H3,(H,24,28). The number of fused-ring (bicyclic) bond motifs is 1. The van der Waals surface area contributed by atoms with Crippen LogP contribution in [0.15, 0.2) is 35.7 Å². The molecule has 0 bridgehead atoms. The van der Waals surface area contributed by atoms with E-state index >= 15 is 0 Å². The second-order valence-corrected chi connectivity index (χ2v) is 8.97. The number of carbonyl (C=O) groups is 2. The van der Waals surface area contributed by atoms with E-state index in [9.17, 15) is 9.59 Å². The third kappa shape index (κ3) is 4.61. The quantitative estimate of drug-likeness (QED) is 0.732. The van der Waals surface area contributed by atoms with Gasteiger partial charge in [-0.1, -0.05) is 17.7 Å². The van der Waals surface area contributed by atoms with Gasteiger partial charge in [0.25, 0.3) is 0 Å². The molecule has 2 aromatic rings. The van der Waals surface area contributed by atoms with Crippen LogP contribution in [-0.4, -0.2) is 54.0 Å². The van der Waals surface area contributed by atoms with Gasteiger partial charge in [0.05, 0.1) is 6.04 Å². The first-order chi connectivity index (χ1) is 14.6. The summed E-state index contributed by atoms with van der Waals surface area (Å²) in [7, 11) is 0. The zero-order chi connectivity index (χ0) is 21.1. The molecule has 1 aromatic carbocycles. The Labute approximate surface area is 181 Å². The summed E-state index contributed by atoms with van der Waals surface area (Å²) in [5, 5.41) is 4.93. The third-order valence-electron chi connectivity index (χ3n) is 5.73. The predicted octanol–water partition coefficient (Wildman–Crippen LogP) is 3.76. The number of nitrogens with zero attached hydrogens (tertiary/aromatic N) is 2. The molecule has 1 saturated carbocycles. The number of hydrogen-bond acceptors (Lipinski definition) is 4. The van der Waals surface area contributed by atoms with Crippen molar-refractivity contribution in [1.82, 2.24) is 15.1 Å². The zero-order valence-electron chi connectivity index (χ0n) is 17.6. The van der Waals surface area contributed by atoms with Crippen LogP contribution >= 0.6 is 11.3 Å². The number of benzene rings is 1.